The molecule has 0 radical (unpaired) electrons. The minimum Gasteiger partial charge on any atom is -0.395 e. The second kappa shape index (κ2) is 10.2. The van der Waals surface area contributed by atoms with Gasteiger partial charge in [0.2, 0.25) is 0 Å². The van der Waals surface area contributed by atoms with Gasteiger partial charge in [-0.3, -0.25) is 14.5 Å². The molecule has 0 unspecified atom stereocenters. The van der Waals surface area contributed by atoms with E-state index in [1.165, 1.54) is 6.07 Å². The van der Waals surface area contributed by atoms with Crippen LogP contribution in [0.25, 0.3) is 22.3 Å². The number of nitrogens with one attached hydrogen (secondary N) is 1. The van der Waals surface area contributed by atoms with E-state index in [9.17, 15) is 24.6 Å². The molecule has 2 amide bonds. The van der Waals surface area contributed by atoms with Crippen LogP contribution in [0.1, 0.15) is 65.6 Å². The van der Waals surface area contributed by atoms with Crippen LogP contribution < -0.4 is 10.9 Å². The molecule has 0 bridgehead atoms. The molecule has 2 aromatic heterocycles. The number of amides is 2. The summed E-state index contributed by atoms with van der Waals surface area (Å²) in [6.07, 6.45) is 1.69. The normalized spacial score (nSPS) is 22.9. The van der Waals surface area contributed by atoms with Crippen molar-refractivity contribution in [3.05, 3.63) is 61.7 Å². The Morgan fingerprint density at radius 1 is 1.12 bits per heavy atom. The molecule has 11 heteroatoms. The molecule has 0 saturated carbocycles. The molecule has 7 rings (SSSR count). The summed E-state index contributed by atoms with van der Waals surface area (Å²) in [7, 11) is 0. The van der Waals surface area contributed by atoms with Gasteiger partial charge in [-0.05, 0) is 55.4 Å². The van der Waals surface area contributed by atoms with Crippen molar-refractivity contribution in [2.24, 2.45) is 0 Å². The standard InChI is InChI=1S/C32H36FN5O5/c1-3-32(43)21-14-25-29-20(16-38(25)30(41)19(21)5-7-26(32)40)28-23(35-31(42)37-10-8-36(9-11-37)12-13-39)6-4-18-17(2)22(33)15-24(34-29)27(18)28/h14-15,23,39,43H,3-13,16H2,1-2H3,(H,35,42)/t23-,32-/m0/s1. The summed E-state index contributed by atoms with van der Waals surface area (Å²) < 4.78 is 16.8. The Balaban J connectivity index is 1.35. The van der Waals surface area contributed by atoms with Crippen molar-refractivity contribution in [1.29, 1.82) is 0 Å². The van der Waals surface area contributed by atoms with Gasteiger partial charge in [0.05, 0.1) is 36.1 Å². The lowest BCUT2D eigenvalue weighted by molar-refractivity contribution is -0.140. The minimum atomic E-state index is -1.73. The second-order valence-corrected chi connectivity index (χ2v) is 12.3. The van der Waals surface area contributed by atoms with Crippen LogP contribution >= 0.6 is 0 Å². The number of nitrogens with zero attached hydrogens (tertiary/aromatic N) is 4. The van der Waals surface area contributed by atoms with E-state index in [2.05, 4.69) is 10.2 Å². The zero-order chi connectivity index (χ0) is 30.2. The number of benzene rings is 1. The number of urea groups is 1. The number of piperazine rings is 1. The van der Waals surface area contributed by atoms with Crippen LogP contribution in [-0.4, -0.2) is 80.7 Å². The number of hydrogen-bond donors (Lipinski definition) is 3. The van der Waals surface area contributed by atoms with Crippen LogP contribution in [0.5, 0.6) is 0 Å². The summed E-state index contributed by atoms with van der Waals surface area (Å²) >= 11 is 0. The molecule has 3 aromatic rings. The Bertz CT molecular complexity index is 1760. The van der Waals surface area contributed by atoms with Gasteiger partial charge < -0.3 is 25.0 Å². The molecule has 4 aliphatic rings. The van der Waals surface area contributed by atoms with Crippen molar-refractivity contribution >= 4 is 22.7 Å². The average Bonchev–Trinajstić information content (AvgIpc) is 3.37. The zero-order valence-corrected chi connectivity index (χ0v) is 24.5. The van der Waals surface area contributed by atoms with Gasteiger partial charge in [0, 0.05) is 67.3 Å². The van der Waals surface area contributed by atoms with Gasteiger partial charge in [-0.2, -0.15) is 0 Å². The molecule has 2 aliphatic carbocycles. The molecule has 2 aliphatic heterocycles. The van der Waals surface area contributed by atoms with Crippen molar-refractivity contribution < 1.29 is 24.2 Å². The zero-order valence-electron chi connectivity index (χ0n) is 24.5. The van der Waals surface area contributed by atoms with E-state index < -0.39 is 5.60 Å². The fraction of sp³-hybridized carbons (Fsp3) is 0.500. The highest BCUT2D eigenvalue weighted by molar-refractivity contribution is 5.94. The van der Waals surface area contributed by atoms with Gasteiger partial charge in [-0.15, -0.1) is 0 Å². The fourth-order valence-electron chi connectivity index (χ4n) is 7.64. The van der Waals surface area contributed by atoms with Crippen molar-refractivity contribution in [2.75, 3.05) is 39.3 Å². The van der Waals surface area contributed by atoms with E-state index in [1.807, 2.05) is 0 Å². The number of aromatic nitrogens is 2. The van der Waals surface area contributed by atoms with E-state index in [-0.39, 0.29) is 61.6 Å². The van der Waals surface area contributed by atoms with Crippen molar-refractivity contribution in [2.45, 2.75) is 64.1 Å². The predicted molar refractivity (Wildman–Crippen MR) is 157 cm³/mol. The van der Waals surface area contributed by atoms with E-state index in [0.717, 1.165) is 22.1 Å². The Morgan fingerprint density at radius 3 is 2.60 bits per heavy atom. The molecule has 3 N–H and O–H groups in total. The topological polar surface area (TPSA) is 128 Å². The molecule has 2 atom stereocenters. The second-order valence-electron chi connectivity index (χ2n) is 12.3. The Kier molecular flexibility index (Phi) is 6.68. The molecule has 1 saturated heterocycles. The molecule has 4 heterocycles. The quantitative estimate of drug-likeness (QED) is 0.333. The van der Waals surface area contributed by atoms with Crippen LogP contribution in [0, 0.1) is 12.7 Å². The SMILES string of the molecule is CC[C@@]1(O)C(=O)CCc2c1cc1n(c2=O)Cc2c-1nc1cc(F)c(C)c3c1c2[C@@H](NC(=O)N1CCN(CCO)CC1)CC3. The van der Waals surface area contributed by atoms with Crippen molar-refractivity contribution in [3.63, 3.8) is 0 Å². The van der Waals surface area contributed by atoms with Gasteiger partial charge in [0.25, 0.3) is 5.56 Å². The van der Waals surface area contributed by atoms with Gasteiger partial charge in [-0.1, -0.05) is 6.92 Å². The number of carbonyl (C=O) groups is 2. The summed E-state index contributed by atoms with van der Waals surface area (Å²) in [5, 5.41) is 24.7. The van der Waals surface area contributed by atoms with Crippen LogP contribution in [0.3, 0.4) is 0 Å². The van der Waals surface area contributed by atoms with E-state index >= 15 is 4.39 Å². The fourth-order valence-corrected chi connectivity index (χ4v) is 7.64. The molecule has 0 spiro atoms. The predicted octanol–water partition coefficient (Wildman–Crippen LogP) is 2.29. The number of ketones is 1. The van der Waals surface area contributed by atoms with Crippen molar-refractivity contribution in [3.8, 4) is 11.4 Å². The molecule has 43 heavy (non-hydrogen) atoms. The number of aliphatic hydroxyl groups excluding tert-OH is 1. The number of fused-ring (bicyclic) bond motifs is 5. The summed E-state index contributed by atoms with van der Waals surface area (Å²) in [6, 6.07) is 2.61. The van der Waals surface area contributed by atoms with E-state index in [1.54, 1.807) is 29.4 Å². The number of aliphatic hydroxyl groups is 2. The Morgan fingerprint density at radius 2 is 1.88 bits per heavy atom. The highest BCUT2D eigenvalue weighted by Crippen LogP contribution is 2.46. The maximum absolute atomic E-state index is 15.2. The number of aryl methyl sites for hydroxylation is 1. The summed E-state index contributed by atoms with van der Waals surface area (Å²) in [5.74, 6) is -0.648. The molecule has 1 aromatic carbocycles. The van der Waals surface area contributed by atoms with Crippen LogP contribution in [-0.2, 0) is 29.8 Å². The van der Waals surface area contributed by atoms with Crippen LogP contribution in [0.2, 0.25) is 0 Å². The summed E-state index contributed by atoms with van der Waals surface area (Å²) in [6.45, 7) is 6.88. The Hall–Kier alpha value is -3.67. The number of halogens is 1. The van der Waals surface area contributed by atoms with Gasteiger partial charge in [0.15, 0.2) is 5.78 Å². The monoisotopic (exact) mass is 589 g/mol. The average molecular weight is 590 g/mol. The Labute approximate surface area is 248 Å². The van der Waals surface area contributed by atoms with E-state index in [4.69, 9.17) is 4.98 Å². The summed E-state index contributed by atoms with van der Waals surface area (Å²) in [4.78, 5) is 49.0. The lowest BCUT2D eigenvalue weighted by Gasteiger charge is -2.36. The first-order valence-corrected chi connectivity index (χ1v) is 15.2. The largest absolute Gasteiger partial charge is 0.395 e. The van der Waals surface area contributed by atoms with Crippen LogP contribution in [0.4, 0.5) is 9.18 Å². The molecular formula is C32H36FN5O5. The first-order chi connectivity index (χ1) is 20.7. The third kappa shape index (κ3) is 4.16. The first-order valence-electron chi connectivity index (χ1n) is 15.2. The van der Waals surface area contributed by atoms with Gasteiger partial charge in [0.1, 0.15) is 11.4 Å². The van der Waals surface area contributed by atoms with Crippen molar-refractivity contribution in [1.82, 2.24) is 24.7 Å². The number of β-amino-alcohol motifs (C(OH)–C–C–N with tert-alkyl or cyclic N) is 1. The minimum absolute atomic E-state index is 0.0827. The maximum Gasteiger partial charge on any atom is 0.317 e. The molecule has 1 fully saturated rings. The summed E-state index contributed by atoms with van der Waals surface area (Å²) in [5.41, 5.74) is 3.39. The number of carbonyl (C=O) groups excluding carboxylic acids is 2. The third-order valence-corrected chi connectivity index (χ3v) is 10.1. The lowest BCUT2D eigenvalue weighted by Crippen LogP contribution is -2.52. The number of pyridine rings is 2. The van der Waals surface area contributed by atoms with Gasteiger partial charge >= 0.3 is 6.03 Å². The molecular weight excluding hydrogens is 553 g/mol. The maximum atomic E-state index is 15.2. The molecule has 10 nitrogen and oxygen atoms in total. The third-order valence-electron chi connectivity index (χ3n) is 10.1. The van der Waals surface area contributed by atoms with Gasteiger partial charge in [-0.25, -0.2) is 14.2 Å². The lowest BCUT2D eigenvalue weighted by atomic mass is 9.77. The highest BCUT2D eigenvalue weighted by atomic mass is 19.1. The number of hydrogen-bond acceptors (Lipinski definition) is 7. The highest BCUT2D eigenvalue weighted by Gasteiger charge is 2.44. The van der Waals surface area contributed by atoms with E-state index in [0.29, 0.717) is 79.2 Å². The molecule has 226 valence electrons. The first kappa shape index (κ1) is 28.1. The van der Waals surface area contributed by atoms with Crippen LogP contribution in [0.15, 0.2) is 16.9 Å². The number of Topliss-reactive ketones (excluding diaryl/α,β-unsaturated/α-hetero) is 1. The smallest absolute Gasteiger partial charge is 0.317 e. The number of rotatable bonds is 4.